The van der Waals surface area contributed by atoms with Crippen LogP contribution in [0.2, 0.25) is 5.02 Å². The fourth-order valence-corrected chi connectivity index (χ4v) is 5.37. The van der Waals surface area contributed by atoms with E-state index in [2.05, 4.69) is 22.7 Å². The van der Waals surface area contributed by atoms with Gasteiger partial charge in [0.15, 0.2) is 23.4 Å². The number of benzene rings is 2. The Balaban J connectivity index is 1.40. The molecule has 0 spiro atoms. The summed E-state index contributed by atoms with van der Waals surface area (Å²) in [4.78, 5) is 66.1. The minimum absolute atomic E-state index is 0.0177. The van der Waals surface area contributed by atoms with Crippen LogP contribution in [0.15, 0.2) is 47.0 Å². The number of imide groups is 1. The molecule has 2 atom stereocenters. The average molecular weight is 639 g/mol. The van der Waals surface area contributed by atoms with Crippen LogP contribution in [0.25, 0.3) is 11.0 Å². The van der Waals surface area contributed by atoms with Crippen LogP contribution in [0.1, 0.15) is 98.9 Å². The zero-order valence-electron chi connectivity index (χ0n) is 25.6. The highest BCUT2D eigenvalue weighted by Crippen LogP contribution is 2.27. The maximum atomic E-state index is 13.7. The molecule has 1 aliphatic heterocycles. The molecule has 2 unspecified atom stereocenters. The number of unbranched alkanes of at least 4 members (excludes halogenated alkanes) is 9. The number of para-hydroxylation sites is 1. The van der Waals surface area contributed by atoms with Gasteiger partial charge >= 0.3 is 6.09 Å². The van der Waals surface area contributed by atoms with Crippen LogP contribution < -0.4 is 10.6 Å². The Kier molecular flexibility index (Phi) is 12.1. The van der Waals surface area contributed by atoms with E-state index < -0.39 is 35.8 Å². The molecule has 1 aliphatic rings. The van der Waals surface area contributed by atoms with Gasteiger partial charge in [0.1, 0.15) is 0 Å². The van der Waals surface area contributed by atoms with E-state index in [1.165, 1.54) is 70.1 Å². The molecule has 4 rings (SSSR count). The van der Waals surface area contributed by atoms with E-state index in [-0.39, 0.29) is 33.5 Å². The van der Waals surface area contributed by atoms with Crippen LogP contribution in [-0.2, 0) is 14.3 Å². The topological polar surface area (TPSA) is 148 Å². The van der Waals surface area contributed by atoms with E-state index in [9.17, 15) is 24.0 Å². The highest BCUT2D eigenvalue weighted by atomic mass is 35.5. The van der Waals surface area contributed by atoms with Crippen molar-refractivity contribution >= 4 is 57.9 Å². The number of rotatable bonds is 17. The van der Waals surface area contributed by atoms with Gasteiger partial charge < -0.3 is 19.9 Å². The first kappa shape index (κ1) is 33.6. The van der Waals surface area contributed by atoms with E-state index in [1.807, 2.05) is 0 Å². The normalized spacial score (nSPS) is 15.3. The van der Waals surface area contributed by atoms with Gasteiger partial charge in [-0.25, -0.2) is 9.69 Å². The highest BCUT2D eigenvalue weighted by molar-refractivity contribution is 6.34. The Morgan fingerprint density at radius 3 is 2.29 bits per heavy atom. The molecule has 1 fully saturated rings. The van der Waals surface area contributed by atoms with Gasteiger partial charge in [-0.1, -0.05) is 93.6 Å². The first-order valence-electron chi connectivity index (χ1n) is 15.5. The Morgan fingerprint density at radius 2 is 1.62 bits per heavy atom. The Morgan fingerprint density at radius 1 is 0.956 bits per heavy atom. The predicted molar refractivity (Wildman–Crippen MR) is 169 cm³/mol. The Labute approximate surface area is 267 Å². The number of anilines is 1. The van der Waals surface area contributed by atoms with Crippen LogP contribution in [-0.4, -0.2) is 58.3 Å². The lowest BCUT2D eigenvalue weighted by Gasteiger charge is -2.22. The fourth-order valence-electron chi connectivity index (χ4n) is 5.20. The first-order chi connectivity index (χ1) is 21.7. The molecular formula is C33H39ClN4O7. The van der Waals surface area contributed by atoms with Gasteiger partial charge in [-0.15, -0.1) is 0 Å². The molecule has 4 amide bonds. The molecule has 45 heavy (non-hydrogen) atoms. The summed E-state index contributed by atoms with van der Waals surface area (Å²) in [5.41, 5.74) is 0.293. The highest BCUT2D eigenvalue weighted by Gasteiger charge is 2.49. The van der Waals surface area contributed by atoms with E-state index >= 15 is 0 Å². The standard InChI is InChI=1S/C33H39ClN4O7/c1-3-4-5-6-7-8-9-10-11-14-19-35-30(40)22-17-18-24(34)25(20-22)36-31(41)28(38-32(42)21(2)44-33(38)43)29(39)27-23-15-12-13-16-26(23)45-37-27/h12-13,15-18,20-21,28H,3-11,14,19H2,1-2H3,(H,35,40)(H,36,41). The molecule has 0 bridgehead atoms. The molecular weight excluding hydrogens is 600 g/mol. The van der Waals surface area contributed by atoms with Crippen LogP contribution in [0, 0.1) is 0 Å². The van der Waals surface area contributed by atoms with Crippen LogP contribution in [0.3, 0.4) is 0 Å². The number of hydrogen-bond donors (Lipinski definition) is 2. The molecule has 3 aromatic rings. The van der Waals surface area contributed by atoms with Crippen LogP contribution >= 0.6 is 11.6 Å². The van der Waals surface area contributed by atoms with Crippen LogP contribution in [0.4, 0.5) is 10.5 Å². The number of nitrogens with zero attached hydrogens (tertiary/aromatic N) is 2. The van der Waals surface area contributed by atoms with Crippen molar-refractivity contribution in [1.82, 2.24) is 15.4 Å². The number of carbonyl (C=O) groups excluding carboxylic acids is 5. The molecule has 2 heterocycles. The minimum atomic E-state index is -1.98. The smallest absolute Gasteiger partial charge is 0.418 e. The lowest BCUT2D eigenvalue weighted by Crippen LogP contribution is -2.52. The summed E-state index contributed by atoms with van der Waals surface area (Å²) in [5.74, 6) is -3.23. The zero-order valence-corrected chi connectivity index (χ0v) is 26.4. The summed E-state index contributed by atoms with van der Waals surface area (Å²) in [7, 11) is 0. The second-order valence-corrected chi connectivity index (χ2v) is 11.6. The summed E-state index contributed by atoms with van der Waals surface area (Å²) in [6.07, 6.45) is 9.50. The number of fused-ring (bicyclic) bond motifs is 1. The summed E-state index contributed by atoms with van der Waals surface area (Å²) in [6, 6.07) is 8.81. The predicted octanol–water partition coefficient (Wildman–Crippen LogP) is 6.69. The van der Waals surface area contributed by atoms with Crippen molar-refractivity contribution in [1.29, 1.82) is 0 Å². The number of carbonyl (C=O) groups is 5. The lowest BCUT2D eigenvalue weighted by molar-refractivity contribution is -0.133. The molecule has 0 radical (unpaired) electrons. The molecule has 1 aromatic heterocycles. The quantitative estimate of drug-likeness (QED) is 0.0944. The van der Waals surface area contributed by atoms with Gasteiger partial charge in [-0.2, -0.15) is 0 Å². The Bertz CT molecular complexity index is 1540. The molecule has 0 aliphatic carbocycles. The summed E-state index contributed by atoms with van der Waals surface area (Å²) < 4.78 is 10.2. The largest absolute Gasteiger partial charge is 0.436 e. The number of ether oxygens (including phenoxy) is 1. The van der Waals surface area contributed by atoms with Gasteiger partial charge in [0.05, 0.1) is 16.1 Å². The number of cyclic esters (lactones) is 1. The molecule has 1 saturated heterocycles. The third kappa shape index (κ3) is 8.48. The molecule has 2 aromatic carbocycles. The first-order valence-corrected chi connectivity index (χ1v) is 15.9. The number of aromatic nitrogens is 1. The van der Waals surface area contributed by atoms with E-state index in [0.717, 1.165) is 19.3 Å². The number of amides is 4. The average Bonchev–Trinajstić information content (AvgIpc) is 3.57. The van der Waals surface area contributed by atoms with E-state index in [0.29, 0.717) is 16.8 Å². The molecule has 2 N–H and O–H groups in total. The summed E-state index contributed by atoms with van der Waals surface area (Å²) >= 11 is 6.34. The summed E-state index contributed by atoms with van der Waals surface area (Å²) in [6.45, 7) is 4.05. The van der Waals surface area contributed by atoms with E-state index in [1.54, 1.807) is 24.3 Å². The van der Waals surface area contributed by atoms with E-state index in [4.69, 9.17) is 20.9 Å². The van der Waals surface area contributed by atoms with Gasteiger partial charge in [0.25, 0.3) is 17.7 Å². The van der Waals surface area contributed by atoms with Gasteiger partial charge in [-0.3, -0.25) is 19.2 Å². The summed E-state index contributed by atoms with van der Waals surface area (Å²) in [5, 5.41) is 9.57. The fraction of sp³-hybridized carbons (Fsp3) is 0.455. The number of Topliss-reactive ketones (excluding diaryl/α,β-unsaturated/α-hetero) is 1. The zero-order chi connectivity index (χ0) is 32.3. The molecule has 11 nitrogen and oxygen atoms in total. The monoisotopic (exact) mass is 638 g/mol. The minimum Gasteiger partial charge on any atom is -0.436 e. The van der Waals surface area contributed by atoms with Gasteiger partial charge in [0.2, 0.25) is 5.78 Å². The van der Waals surface area contributed by atoms with Crippen molar-refractivity contribution in [2.45, 2.75) is 90.2 Å². The SMILES string of the molecule is CCCCCCCCCCCCNC(=O)c1ccc(Cl)c(NC(=O)C(C(=O)c2noc3ccccc23)N2C(=O)OC(C)C2=O)c1. The van der Waals surface area contributed by atoms with Crippen molar-refractivity contribution in [2.75, 3.05) is 11.9 Å². The van der Waals surface area contributed by atoms with Crippen molar-refractivity contribution < 1.29 is 33.2 Å². The second-order valence-electron chi connectivity index (χ2n) is 11.2. The van der Waals surface area contributed by atoms with Gasteiger partial charge in [0, 0.05) is 12.1 Å². The van der Waals surface area contributed by atoms with Gasteiger partial charge in [-0.05, 0) is 43.7 Å². The van der Waals surface area contributed by atoms with Crippen molar-refractivity contribution in [3.63, 3.8) is 0 Å². The van der Waals surface area contributed by atoms with Crippen LogP contribution in [0.5, 0.6) is 0 Å². The number of nitrogens with one attached hydrogen (secondary N) is 2. The molecule has 0 saturated carbocycles. The maximum Gasteiger partial charge on any atom is 0.418 e. The Hall–Kier alpha value is -4.25. The second kappa shape index (κ2) is 16.2. The third-order valence-corrected chi connectivity index (χ3v) is 8.06. The lowest BCUT2D eigenvalue weighted by atomic mass is 10.0. The van der Waals surface area contributed by atoms with Crippen molar-refractivity contribution in [3.8, 4) is 0 Å². The van der Waals surface area contributed by atoms with Crippen molar-refractivity contribution in [3.05, 3.63) is 58.7 Å². The number of ketones is 1. The van der Waals surface area contributed by atoms with Crippen molar-refractivity contribution in [2.24, 2.45) is 0 Å². The maximum absolute atomic E-state index is 13.7. The third-order valence-electron chi connectivity index (χ3n) is 7.73. The molecule has 12 heteroatoms. The molecule has 240 valence electrons. The number of hydrogen-bond acceptors (Lipinski definition) is 8. The number of halogens is 1.